The van der Waals surface area contributed by atoms with E-state index in [1.165, 1.54) is 0 Å². The summed E-state index contributed by atoms with van der Waals surface area (Å²) in [5.74, 6) is 0.124. The minimum Gasteiger partial charge on any atom is -0.497 e. The Morgan fingerprint density at radius 3 is 2.43 bits per heavy atom. The molecule has 0 radical (unpaired) electrons. The van der Waals surface area contributed by atoms with Gasteiger partial charge < -0.3 is 25.8 Å². The largest absolute Gasteiger partial charge is 0.497 e. The smallest absolute Gasteiger partial charge is 0.325 e. The van der Waals surface area contributed by atoms with Gasteiger partial charge in [0.05, 0.1) is 12.0 Å². The number of aliphatic imine (C=N–C) groups is 1. The maximum Gasteiger partial charge on any atom is 0.325 e. The van der Waals surface area contributed by atoms with Crippen molar-refractivity contribution in [3.63, 3.8) is 0 Å². The molecule has 2 aliphatic heterocycles. The lowest BCUT2D eigenvalue weighted by atomic mass is 9.88. The summed E-state index contributed by atoms with van der Waals surface area (Å²) in [7, 11) is -2.54. The number of nitrogens with two attached hydrogens (primary N) is 1. The molecule has 2 atom stereocenters. The van der Waals surface area contributed by atoms with Gasteiger partial charge in [0.1, 0.15) is 29.2 Å². The Hall–Kier alpha value is -5.11. The number of amides is 4. The van der Waals surface area contributed by atoms with Crippen LogP contribution in [0.3, 0.4) is 0 Å². The zero-order valence-electron chi connectivity index (χ0n) is 32.0. The van der Waals surface area contributed by atoms with Crippen LogP contribution >= 0.6 is 0 Å². The standard InChI is InChI=1S/C40H52N6O7S/c1-25-26(2)35(27(3)31-20-21-40(4,5)53-34(25)31)54(50,51)45-38(41)43-23-11-15-33(36(47)42-22-10-14-28-12-8-7-9-13-28)46-37(48)32(44-39(46)49)24-29-16-18-30(52-6)19-17-29/h7-9,12-13,16-19,32-33H,10-11,14-15,20-24H2,1-6H3,(H,42,47)(H,44,49)(H3,41,43,45)/t32-,33-/m0/s1. The van der Waals surface area contributed by atoms with Crippen LogP contribution in [0, 0.1) is 20.8 Å². The molecule has 1 fully saturated rings. The third-order valence-electron chi connectivity index (χ3n) is 10.1. The summed E-state index contributed by atoms with van der Waals surface area (Å²) in [6.45, 7) is 9.80. The van der Waals surface area contributed by atoms with Crippen molar-refractivity contribution in [1.29, 1.82) is 0 Å². The van der Waals surface area contributed by atoms with Crippen molar-refractivity contribution in [2.24, 2.45) is 10.7 Å². The first-order chi connectivity index (χ1) is 25.6. The van der Waals surface area contributed by atoms with Crippen molar-refractivity contribution in [3.05, 3.63) is 88.0 Å². The third-order valence-corrected chi connectivity index (χ3v) is 11.8. The maximum atomic E-state index is 13.7. The monoisotopic (exact) mass is 760 g/mol. The Labute approximate surface area is 318 Å². The number of aryl methyl sites for hydroxylation is 1. The van der Waals surface area contributed by atoms with Gasteiger partial charge in [-0.05, 0) is 119 Å². The van der Waals surface area contributed by atoms with Crippen LogP contribution in [-0.2, 0) is 38.9 Å². The molecule has 4 amide bonds. The molecule has 0 aliphatic carbocycles. The predicted octanol–water partition coefficient (Wildman–Crippen LogP) is 4.38. The van der Waals surface area contributed by atoms with Gasteiger partial charge in [-0.1, -0.05) is 42.5 Å². The van der Waals surface area contributed by atoms with Gasteiger partial charge in [-0.3, -0.25) is 14.6 Å². The highest BCUT2D eigenvalue weighted by Gasteiger charge is 2.44. The van der Waals surface area contributed by atoms with E-state index in [1.54, 1.807) is 33.1 Å². The average molecular weight is 761 g/mol. The van der Waals surface area contributed by atoms with Crippen LogP contribution in [0.2, 0.25) is 0 Å². The summed E-state index contributed by atoms with van der Waals surface area (Å²) < 4.78 is 41.2. The van der Waals surface area contributed by atoms with Gasteiger partial charge in [0.25, 0.3) is 15.9 Å². The van der Waals surface area contributed by atoms with Gasteiger partial charge in [0.15, 0.2) is 0 Å². The van der Waals surface area contributed by atoms with E-state index in [-0.39, 0.29) is 42.3 Å². The zero-order chi connectivity index (χ0) is 39.2. The average Bonchev–Trinajstić information content (AvgIpc) is 3.40. The van der Waals surface area contributed by atoms with Crippen LogP contribution in [-0.4, -0.2) is 75.0 Å². The molecule has 54 heavy (non-hydrogen) atoms. The summed E-state index contributed by atoms with van der Waals surface area (Å²) in [4.78, 5) is 45.9. The fourth-order valence-corrected chi connectivity index (χ4v) is 8.60. The predicted molar refractivity (Wildman–Crippen MR) is 207 cm³/mol. The maximum absolute atomic E-state index is 13.7. The molecular formula is C40H52N6O7S. The Kier molecular flexibility index (Phi) is 12.6. The van der Waals surface area contributed by atoms with E-state index in [0.29, 0.717) is 36.3 Å². The molecule has 3 aromatic carbocycles. The fraction of sp³-hybridized carbons (Fsp3) is 0.450. The van der Waals surface area contributed by atoms with Gasteiger partial charge in [-0.25, -0.2) is 22.8 Å². The Bertz CT molecular complexity index is 2000. The molecule has 5 rings (SSSR count). The number of methoxy groups -OCH3 is 1. The highest BCUT2D eigenvalue weighted by atomic mass is 32.2. The van der Waals surface area contributed by atoms with Crippen molar-refractivity contribution in [1.82, 2.24) is 20.3 Å². The summed E-state index contributed by atoms with van der Waals surface area (Å²) in [6, 6.07) is 14.5. The van der Waals surface area contributed by atoms with Crippen LogP contribution in [0.25, 0.3) is 0 Å². The number of nitrogens with zero attached hydrogens (tertiary/aromatic N) is 2. The van der Waals surface area contributed by atoms with Crippen molar-refractivity contribution >= 4 is 33.8 Å². The van der Waals surface area contributed by atoms with Gasteiger partial charge in [0, 0.05) is 19.5 Å². The number of hydrogen-bond donors (Lipinski definition) is 4. The van der Waals surface area contributed by atoms with Crippen LogP contribution in [0.1, 0.15) is 72.9 Å². The second kappa shape index (κ2) is 16.9. The molecule has 0 saturated carbocycles. The lowest BCUT2D eigenvalue weighted by Gasteiger charge is -2.35. The van der Waals surface area contributed by atoms with Crippen molar-refractivity contribution in [3.8, 4) is 11.5 Å². The molecule has 3 aromatic rings. The number of rotatable bonds is 15. The SMILES string of the molecule is COc1ccc(C[C@@H]2NC(=O)N([C@@H](CCCN=C(N)NS(=O)(=O)c3c(C)c(C)c4c(c3C)CCC(C)(C)O4)C(=O)NCCCc3ccccc3)C2=O)cc1. The molecule has 0 spiro atoms. The number of ether oxygens (including phenoxy) is 2. The molecule has 0 bridgehead atoms. The number of benzene rings is 3. The summed E-state index contributed by atoms with van der Waals surface area (Å²) in [6.07, 6.45) is 3.40. The van der Waals surface area contributed by atoms with Crippen LogP contribution < -0.4 is 30.6 Å². The lowest BCUT2D eigenvalue weighted by Crippen LogP contribution is -2.50. The number of guanidine groups is 1. The highest BCUT2D eigenvalue weighted by Crippen LogP contribution is 2.42. The van der Waals surface area contributed by atoms with E-state index in [1.807, 2.05) is 63.2 Å². The molecule has 14 heteroatoms. The second-order valence-corrected chi connectivity index (χ2v) is 16.2. The second-order valence-electron chi connectivity index (χ2n) is 14.5. The van der Waals surface area contributed by atoms with Gasteiger partial charge >= 0.3 is 6.03 Å². The molecule has 1 saturated heterocycles. The first-order valence-electron chi connectivity index (χ1n) is 18.3. The molecule has 0 unspecified atom stereocenters. The first-order valence-corrected chi connectivity index (χ1v) is 19.8. The highest BCUT2D eigenvalue weighted by molar-refractivity contribution is 7.90. The Morgan fingerprint density at radius 2 is 1.74 bits per heavy atom. The third kappa shape index (κ3) is 9.33. The molecule has 0 aromatic heterocycles. The number of hydrogen-bond acceptors (Lipinski definition) is 8. The number of urea groups is 1. The van der Waals surface area contributed by atoms with E-state index in [4.69, 9.17) is 15.2 Å². The number of sulfonamides is 1. The Morgan fingerprint density at radius 1 is 1.04 bits per heavy atom. The number of carbonyl (C=O) groups is 3. The first kappa shape index (κ1) is 40.1. The van der Waals surface area contributed by atoms with Crippen LogP contribution in [0.5, 0.6) is 11.5 Å². The number of carbonyl (C=O) groups excluding carboxylic acids is 3. The zero-order valence-corrected chi connectivity index (χ0v) is 32.8. The quantitative estimate of drug-likeness (QED) is 0.0763. The van der Waals surface area contributed by atoms with Crippen molar-refractivity contribution in [2.45, 2.75) is 102 Å². The van der Waals surface area contributed by atoms with Crippen molar-refractivity contribution < 1.29 is 32.3 Å². The molecule has 5 N–H and O–H groups in total. The van der Waals surface area contributed by atoms with Crippen LogP contribution in [0.15, 0.2) is 64.5 Å². The van der Waals surface area contributed by atoms with E-state index in [9.17, 15) is 22.8 Å². The normalized spacial score (nSPS) is 17.3. The fourth-order valence-electron chi connectivity index (χ4n) is 7.08. The molecule has 290 valence electrons. The van der Waals surface area contributed by atoms with E-state index in [2.05, 4.69) is 20.3 Å². The number of fused-ring (bicyclic) bond motifs is 1. The van der Waals surface area contributed by atoms with Crippen molar-refractivity contribution in [2.75, 3.05) is 20.2 Å². The molecule has 2 heterocycles. The van der Waals surface area contributed by atoms with Gasteiger partial charge in [-0.2, -0.15) is 0 Å². The molecular weight excluding hydrogens is 709 g/mol. The lowest BCUT2D eigenvalue weighted by molar-refractivity contribution is -0.136. The Balaban J connectivity index is 1.26. The van der Waals surface area contributed by atoms with E-state index in [0.717, 1.165) is 45.7 Å². The van der Waals surface area contributed by atoms with Crippen LogP contribution in [0.4, 0.5) is 4.79 Å². The summed E-state index contributed by atoms with van der Waals surface area (Å²) in [5, 5.41) is 5.64. The van der Waals surface area contributed by atoms with Gasteiger partial charge in [-0.15, -0.1) is 0 Å². The summed E-state index contributed by atoms with van der Waals surface area (Å²) >= 11 is 0. The minimum absolute atomic E-state index is 0.0369. The molecule has 13 nitrogen and oxygen atoms in total. The minimum atomic E-state index is -4.11. The van der Waals surface area contributed by atoms with E-state index >= 15 is 0 Å². The molecule has 2 aliphatic rings. The number of nitrogens with one attached hydrogen (secondary N) is 3. The summed E-state index contributed by atoms with van der Waals surface area (Å²) in [5.41, 5.74) is 10.5. The number of imide groups is 1. The van der Waals surface area contributed by atoms with E-state index < -0.39 is 40.0 Å². The topological polar surface area (TPSA) is 182 Å². The van der Waals surface area contributed by atoms with Gasteiger partial charge in [0.2, 0.25) is 11.9 Å².